The standard InChI is InChI=1S/C15H10ClN3O3/c16-11-3-1-2-10(6-11)8-18-9-17-14-7-12(19(21)22)4-5-13(14)15(18)20/h1-7,9H,8H2. The second kappa shape index (κ2) is 5.57. The summed E-state index contributed by atoms with van der Waals surface area (Å²) in [6.07, 6.45) is 1.38. The summed E-state index contributed by atoms with van der Waals surface area (Å²) in [5, 5.41) is 11.7. The van der Waals surface area contributed by atoms with Gasteiger partial charge in [-0.15, -0.1) is 0 Å². The van der Waals surface area contributed by atoms with Gasteiger partial charge in [0.15, 0.2) is 0 Å². The SMILES string of the molecule is O=c1c2ccc([N+](=O)[O-])cc2ncn1Cc1cccc(Cl)c1. The summed E-state index contributed by atoms with van der Waals surface area (Å²) in [4.78, 5) is 26.8. The first-order valence-corrected chi connectivity index (χ1v) is 6.80. The summed E-state index contributed by atoms with van der Waals surface area (Å²) >= 11 is 5.93. The fourth-order valence-corrected chi connectivity index (χ4v) is 2.42. The molecular formula is C15H10ClN3O3. The predicted molar refractivity (Wildman–Crippen MR) is 83.2 cm³/mol. The molecule has 0 amide bonds. The Morgan fingerprint density at radius 3 is 2.77 bits per heavy atom. The number of benzene rings is 2. The normalized spacial score (nSPS) is 10.8. The van der Waals surface area contributed by atoms with E-state index in [-0.39, 0.29) is 11.2 Å². The van der Waals surface area contributed by atoms with E-state index in [1.165, 1.54) is 29.1 Å². The van der Waals surface area contributed by atoms with Gasteiger partial charge in [-0.25, -0.2) is 4.98 Å². The number of rotatable bonds is 3. The Bertz CT molecular complexity index is 937. The monoisotopic (exact) mass is 315 g/mol. The summed E-state index contributed by atoms with van der Waals surface area (Å²) in [7, 11) is 0. The van der Waals surface area contributed by atoms with E-state index in [4.69, 9.17) is 11.6 Å². The van der Waals surface area contributed by atoms with E-state index in [0.29, 0.717) is 22.5 Å². The van der Waals surface area contributed by atoms with Crippen LogP contribution in [0.15, 0.2) is 53.6 Å². The van der Waals surface area contributed by atoms with Crippen molar-refractivity contribution in [2.75, 3.05) is 0 Å². The molecule has 22 heavy (non-hydrogen) atoms. The van der Waals surface area contributed by atoms with Gasteiger partial charge in [0.05, 0.1) is 28.7 Å². The summed E-state index contributed by atoms with van der Waals surface area (Å²) in [6, 6.07) is 11.2. The fraction of sp³-hybridized carbons (Fsp3) is 0.0667. The molecule has 0 saturated heterocycles. The number of hydrogen-bond donors (Lipinski definition) is 0. The molecule has 0 aliphatic heterocycles. The van der Waals surface area contributed by atoms with Crippen molar-refractivity contribution < 1.29 is 4.92 Å². The van der Waals surface area contributed by atoms with Gasteiger partial charge in [-0.1, -0.05) is 23.7 Å². The van der Waals surface area contributed by atoms with Crippen molar-refractivity contribution in [3.8, 4) is 0 Å². The highest BCUT2D eigenvalue weighted by molar-refractivity contribution is 6.30. The third kappa shape index (κ3) is 2.68. The molecule has 1 aromatic heterocycles. The molecule has 0 unspecified atom stereocenters. The van der Waals surface area contributed by atoms with E-state index >= 15 is 0 Å². The minimum atomic E-state index is -0.515. The van der Waals surface area contributed by atoms with Crippen LogP contribution in [0.5, 0.6) is 0 Å². The first kappa shape index (κ1) is 14.2. The van der Waals surface area contributed by atoms with Crippen LogP contribution >= 0.6 is 11.6 Å². The van der Waals surface area contributed by atoms with Gasteiger partial charge in [0, 0.05) is 17.2 Å². The average Bonchev–Trinajstić information content (AvgIpc) is 2.50. The van der Waals surface area contributed by atoms with Crippen molar-refractivity contribution in [2.24, 2.45) is 0 Å². The molecule has 0 saturated carbocycles. The summed E-state index contributed by atoms with van der Waals surface area (Å²) < 4.78 is 1.44. The smallest absolute Gasteiger partial charge is 0.271 e. The zero-order valence-electron chi connectivity index (χ0n) is 11.3. The van der Waals surface area contributed by atoms with E-state index in [0.717, 1.165) is 5.56 Å². The van der Waals surface area contributed by atoms with Crippen molar-refractivity contribution in [1.29, 1.82) is 0 Å². The topological polar surface area (TPSA) is 78.0 Å². The number of nitrogens with zero attached hydrogens (tertiary/aromatic N) is 3. The van der Waals surface area contributed by atoms with Crippen LogP contribution in [0.1, 0.15) is 5.56 Å². The number of fused-ring (bicyclic) bond motifs is 1. The van der Waals surface area contributed by atoms with Crippen LogP contribution in [-0.2, 0) is 6.54 Å². The Hall–Kier alpha value is -2.73. The largest absolute Gasteiger partial charge is 0.294 e. The fourth-order valence-electron chi connectivity index (χ4n) is 2.20. The van der Waals surface area contributed by atoms with Crippen LogP contribution < -0.4 is 5.56 Å². The number of hydrogen-bond acceptors (Lipinski definition) is 4. The van der Waals surface area contributed by atoms with Crippen LogP contribution in [-0.4, -0.2) is 14.5 Å². The average molecular weight is 316 g/mol. The quantitative estimate of drug-likeness (QED) is 0.550. The van der Waals surface area contributed by atoms with Gasteiger partial charge in [0.1, 0.15) is 0 Å². The molecule has 0 atom stereocenters. The van der Waals surface area contributed by atoms with Crippen molar-refractivity contribution in [2.45, 2.75) is 6.54 Å². The molecule has 0 spiro atoms. The zero-order chi connectivity index (χ0) is 15.7. The molecule has 0 aliphatic rings. The molecule has 3 aromatic rings. The van der Waals surface area contributed by atoms with Crippen LogP contribution in [0, 0.1) is 10.1 Å². The predicted octanol–water partition coefficient (Wildman–Crippen LogP) is 3.01. The Balaban J connectivity index is 2.05. The summed E-state index contributed by atoms with van der Waals surface area (Å²) in [5.74, 6) is 0. The number of nitro benzene ring substituents is 1. The molecular weight excluding hydrogens is 306 g/mol. The molecule has 3 rings (SSSR count). The van der Waals surface area contributed by atoms with Gasteiger partial charge in [0.25, 0.3) is 11.2 Å². The second-order valence-electron chi connectivity index (χ2n) is 4.77. The molecule has 7 heteroatoms. The minimum absolute atomic E-state index is 0.0907. The van der Waals surface area contributed by atoms with Gasteiger partial charge in [-0.2, -0.15) is 0 Å². The van der Waals surface area contributed by atoms with Gasteiger partial charge in [-0.05, 0) is 23.8 Å². The molecule has 0 aliphatic carbocycles. The lowest BCUT2D eigenvalue weighted by atomic mass is 10.2. The number of non-ortho nitro benzene ring substituents is 1. The van der Waals surface area contributed by atoms with Crippen molar-refractivity contribution in [1.82, 2.24) is 9.55 Å². The Labute approximate surface area is 129 Å². The molecule has 2 aromatic carbocycles. The third-order valence-corrected chi connectivity index (χ3v) is 3.50. The minimum Gasteiger partial charge on any atom is -0.294 e. The molecule has 0 N–H and O–H groups in total. The van der Waals surface area contributed by atoms with E-state index in [1.807, 2.05) is 6.07 Å². The first-order valence-electron chi connectivity index (χ1n) is 6.42. The third-order valence-electron chi connectivity index (χ3n) is 3.26. The van der Waals surface area contributed by atoms with Crippen molar-refractivity contribution >= 4 is 28.2 Å². The number of nitro groups is 1. The van der Waals surface area contributed by atoms with Crippen molar-refractivity contribution in [3.05, 3.63) is 79.8 Å². The Morgan fingerprint density at radius 1 is 1.23 bits per heavy atom. The number of aromatic nitrogens is 2. The van der Waals surface area contributed by atoms with E-state index in [1.54, 1.807) is 18.2 Å². The highest BCUT2D eigenvalue weighted by Crippen LogP contribution is 2.17. The van der Waals surface area contributed by atoms with Crippen LogP contribution in [0.25, 0.3) is 10.9 Å². The summed E-state index contributed by atoms with van der Waals surface area (Å²) in [5.41, 5.74) is 0.839. The van der Waals surface area contributed by atoms with E-state index in [2.05, 4.69) is 4.98 Å². The highest BCUT2D eigenvalue weighted by Gasteiger charge is 2.10. The van der Waals surface area contributed by atoms with Crippen LogP contribution in [0.3, 0.4) is 0 Å². The van der Waals surface area contributed by atoms with Gasteiger partial charge in [0.2, 0.25) is 0 Å². The zero-order valence-corrected chi connectivity index (χ0v) is 12.0. The van der Waals surface area contributed by atoms with Crippen LogP contribution in [0.4, 0.5) is 5.69 Å². The molecule has 0 radical (unpaired) electrons. The molecule has 1 heterocycles. The van der Waals surface area contributed by atoms with E-state index < -0.39 is 4.92 Å². The maximum Gasteiger partial charge on any atom is 0.271 e. The molecule has 110 valence electrons. The van der Waals surface area contributed by atoms with Gasteiger partial charge >= 0.3 is 0 Å². The maximum atomic E-state index is 12.4. The van der Waals surface area contributed by atoms with Crippen molar-refractivity contribution in [3.63, 3.8) is 0 Å². The Morgan fingerprint density at radius 2 is 2.05 bits per heavy atom. The second-order valence-corrected chi connectivity index (χ2v) is 5.20. The highest BCUT2D eigenvalue weighted by atomic mass is 35.5. The summed E-state index contributed by atoms with van der Waals surface area (Å²) in [6.45, 7) is 0.333. The lowest BCUT2D eigenvalue weighted by Gasteiger charge is -2.07. The van der Waals surface area contributed by atoms with Crippen LogP contribution in [0.2, 0.25) is 5.02 Å². The lowest BCUT2D eigenvalue weighted by molar-refractivity contribution is -0.384. The Kier molecular flexibility index (Phi) is 3.60. The molecule has 0 fully saturated rings. The first-order chi connectivity index (χ1) is 10.5. The van der Waals surface area contributed by atoms with Gasteiger partial charge in [-0.3, -0.25) is 19.5 Å². The lowest BCUT2D eigenvalue weighted by Crippen LogP contribution is -2.21. The maximum absolute atomic E-state index is 12.4. The van der Waals surface area contributed by atoms with Gasteiger partial charge < -0.3 is 0 Å². The number of halogens is 1. The molecule has 0 bridgehead atoms. The molecule has 6 nitrogen and oxygen atoms in total. The van der Waals surface area contributed by atoms with E-state index in [9.17, 15) is 14.9 Å².